The van der Waals surface area contributed by atoms with Crippen LogP contribution in [-0.4, -0.2) is 30.7 Å². The Morgan fingerprint density at radius 2 is 2.00 bits per heavy atom. The number of aromatic nitrogens is 1. The van der Waals surface area contributed by atoms with Gasteiger partial charge in [0.2, 0.25) is 0 Å². The number of amides is 1. The highest BCUT2D eigenvalue weighted by atomic mass is 35.5. The molecule has 1 amide bonds. The van der Waals surface area contributed by atoms with Crippen LogP contribution in [0.4, 0.5) is 5.69 Å². The van der Waals surface area contributed by atoms with Crippen LogP contribution >= 0.6 is 11.6 Å². The van der Waals surface area contributed by atoms with Gasteiger partial charge in [-0.1, -0.05) is 11.6 Å². The Morgan fingerprint density at radius 1 is 1.15 bits per heavy atom. The SMILES string of the molecule is O=C(COc1ccc(Cl)c2cccnc12)Nc1ccc2c(c1)OCCCO2. The Kier molecular flexibility index (Phi) is 4.98. The van der Waals surface area contributed by atoms with Crippen LogP contribution in [0.2, 0.25) is 5.02 Å². The summed E-state index contributed by atoms with van der Waals surface area (Å²) in [5.41, 5.74) is 1.24. The van der Waals surface area contributed by atoms with Gasteiger partial charge in [0, 0.05) is 29.8 Å². The third-order valence-corrected chi connectivity index (χ3v) is 4.40. The van der Waals surface area contributed by atoms with Crippen molar-refractivity contribution in [3.8, 4) is 17.2 Å². The van der Waals surface area contributed by atoms with Crippen molar-refractivity contribution in [3.63, 3.8) is 0 Å². The lowest BCUT2D eigenvalue weighted by molar-refractivity contribution is -0.118. The van der Waals surface area contributed by atoms with Crippen LogP contribution in [0.15, 0.2) is 48.7 Å². The minimum absolute atomic E-state index is 0.151. The molecule has 4 rings (SSSR count). The lowest BCUT2D eigenvalue weighted by Gasteiger charge is -2.12. The number of anilines is 1. The number of carbonyl (C=O) groups is 1. The van der Waals surface area contributed by atoms with Gasteiger partial charge in [0.05, 0.1) is 18.2 Å². The Morgan fingerprint density at radius 3 is 2.89 bits per heavy atom. The van der Waals surface area contributed by atoms with Gasteiger partial charge in [-0.25, -0.2) is 0 Å². The number of carbonyl (C=O) groups excluding carboxylic acids is 1. The summed E-state index contributed by atoms with van der Waals surface area (Å²) in [6.45, 7) is 1.06. The molecule has 0 aliphatic carbocycles. The van der Waals surface area contributed by atoms with E-state index in [0.717, 1.165) is 11.8 Å². The second-order valence-corrected chi connectivity index (χ2v) is 6.40. The highest BCUT2D eigenvalue weighted by Gasteiger charge is 2.13. The first-order valence-electron chi connectivity index (χ1n) is 8.56. The van der Waals surface area contributed by atoms with Crippen molar-refractivity contribution in [1.29, 1.82) is 0 Å². The van der Waals surface area contributed by atoms with Crippen LogP contribution in [0.5, 0.6) is 17.2 Å². The molecule has 2 aromatic carbocycles. The molecule has 138 valence electrons. The van der Waals surface area contributed by atoms with Crippen LogP contribution < -0.4 is 19.5 Å². The molecule has 0 bridgehead atoms. The Balaban J connectivity index is 1.43. The topological polar surface area (TPSA) is 69.7 Å². The fourth-order valence-corrected chi connectivity index (χ4v) is 3.03. The average molecular weight is 385 g/mol. The number of pyridine rings is 1. The van der Waals surface area contributed by atoms with Gasteiger partial charge in [-0.15, -0.1) is 0 Å². The van der Waals surface area contributed by atoms with Crippen molar-refractivity contribution in [2.24, 2.45) is 0 Å². The largest absolute Gasteiger partial charge is 0.490 e. The summed E-state index contributed by atoms with van der Waals surface area (Å²) in [6, 6.07) is 12.4. The van der Waals surface area contributed by atoms with Gasteiger partial charge in [0.15, 0.2) is 18.1 Å². The molecule has 0 spiro atoms. The summed E-state index contributed by atoms with van der Waals surface area (Å²) in [5, 5.41) is 4.16. The maximum absolute atomic E-state index is 12.3. The first kappa shape index (κ1) is 17.4. The van der Waals surface area contributed by atoms with Gasteiger partial charge >= 0.3 is 0 Å². The number of fused-ring (bicyclic) bond motifs is 2. The van der Waals surface area contributed by atoms with Crippen LogP contribution in [0.25, 0.3) is 10.9 Å². The van der Waals surface area contributed by atoms with Crippen molar-refractivity contribution in [3.05, 3.63) is 53.7 Å². The van der Waals surface area contributed by atoms with Crippen LogP contribution in [0.3, 0.4) is 0 Å². The summed E-state index contributed by atoms with van der Waals surface area (Å²) in [6.07, 6.45) is 2.48. The number of nitrogens with one attached hydrogen (secondary N) is 1. The van der Waals surface area contributed by atoms with Crippen molar-refractivity contribution < 1.29 is 19.0 Å². The van der Waals surface area contributed by atoms with E-state index in [1.165, 1.54) is 0 Å². The van der Waals surface area contributed by atoms with Crippen molar-refractivity contribution >= 4 is 34.1 Å². The molecule has 0 fully saturated rings. The number of ether oxygens (including phenoxy) is 3. The predicted molar refractivity (Wildman–Crippen MR) is 103 cm³/mol. The number of halogens is 1. The smallest absolute Gasteiger partial charge is 0.262 e. The summed E-state index contributed by atoms with van der Waals surface area (Å²) >= 11 is 6.17. The van der Waals surface area contributed by atoms with E-state index in [2.05, 4.69) is 10.3 Å². The molecule has 27 heavy (non-hydrogen) atoms. The minimum atomic E-state index is -0.288. The Labute approximate surface area is 161 Å². The van der Waals surface area contributed by atoms with E-state index >= 15 is 0 Å². The standard InChI is InChI=1S/C20H17ClN2O4/c21-15-5-7-17(20-14(15)3-1-8-22-20)27-12-19(24)23-13-4-6-16-18(11-13)26-10-2-9-25-16/h1,3-8,11H,2,9-10,12H2,(H,23,24). The lowest BCUT2D eigenvalue weighted by atomic mass is 10.2. The molecular formula is C20H17ClN2O4. The first-order valence-corrected chi connectivity index (χ1v) is 8.94. The molecular weight excluding hydrogens is 368 g/mol. The molecule has 0 saturated heterocycles. The van der Waals surface area contributed by atoms with E-state index in [9.17, 15) is 4.79 Å². The number of hydrogen-bond acceptors (Lipinski definition) is 5. The number of rotatable bonds is 4. The van der Waals surface area contributed by atoms with Crippen LogP contribution in [-0.2, 0) is 4.79 Å². The zero-order chi connectivity index (χ0) is 18.6. The number of benzene rings is 2. The van der Waals surface area contributed by atoms with Gasteiger partial charge in [0.1, 0.15) is 11.3 Å². The molecule has 1 aliphatic heterocycles. The van der Waals surface area contributed by atoms with Crippen molar-refractivity contribution in [2.45, 2.75) is 6.42 Å². The third kappa shape index (κ3) is 3.90. The van der Waals surface area contributed by atoms with E-state index in [4.69, 9.17) is 25.8 Å². The first-order chi connectivity index (χ1) is 13.2. The van der Waals surface area contributed by atoms with Gasteiger partial charge in [0.25, 0.3) is 5.91 Å². The fourth-order valence-electron chi connectivity index (χ4n) is 2.81. The van der Waals surface area contributed by atoms with E-state index in [-0.39, 0.29) is 12.5 Å². The highest BCUT2D eigenvalue weighted by molar-refractivity contribution is 6.35. The fraction of sp³-hybridized carbons (Fsp3) is 0.200. The molecule has 3 aromatic rings. The minimum Gasteiger partial charge on any atom is -0.490 e. The molecule has 0 saturated carbocycles. The molecule has 0 unspecified atom stereocenters. The molecule has 1 aliphatic rings. The summed E-state index contributed by atoms with van der Waals surface area (Å²) in [4.78, 5) is 16.6. The van der Waals surface area contributed by atoms with Crippen LogP contribution in [0, 0.1) is 0 Å². The number of nitrogens with zero attached hydrogens (tertiary/aromatic N) is 1. The monoisotopic (exact) mass is 384 g/mol. The van der Waals surface area contributed by atoms with E-state index in [1.54, 1.807) is 42.6 Å². The van der Waals surface area contributed by atoms with Gasteiger partial charge in [-0.3, -0.25) is 9.78 Å². The second kappa shape index (κ2) is 7.72. The highest BCUT2D eigenvalue weighted by Crippen LogP contribution is 2.32. The normalized spacial score (nSPS) is 13.1. The van der Waals surface area contributed by atoms with Gasteiger partial charge in [-0.05, 0) is 36.4 Å². The third-order valence-electron chi connectivity index (χ3n) is 4.07. The quantitative estimate of drug-likeness (QED) is 0.734. The summed E-state index contributed by atoms with van der Waals surface area (Å²) < 4.78 is 16.9. The Hall–Kier alpha value is -2.99. The van der Waals surface area contributed by atoms with Crippen molar-refractivity contribution in [2.75, 3.05) is 25.1 Å². The van der Waals surface area contributed by atoms with Gasteiger partial charge in [-0.2, -0.15) is 0 Å². The van der Waals surface area contributed by atoms with E-state index in [0.29, 0.717) is 46.7 Å². The second-order valence-electron chi connectivity index (χ2n) is 5.99. The molecule has 0 atom stereocenters. The molecule has 1 aromatic heterocycles. The summed E-state index contributed by atoms with van der Waals surface area (Å²) in [5.74, 6) is 1.52. The predicted octanol–water partition coefficient (Wildman–Crippen LogP) is 4.07. The Bertz CT molecular complexity index is 993. The number of hydrogen-bond donors (Lipinski definition) is 1. The molecule has 7 heteroatoms. The lowest BCUT2D eigenvalue weighted by Crippen LogP contribution is -2.20. The average Bonchev–Trinajstić information content (AvgIpc) is 2.93. The van der Waals surface area contributed by atoms with E-state index in [1.807, 2.05) is 6.07 Å². The zero-order valence-electron chi connectivity index (χ0n) is 14.4. The van der Waals surface area contributed by atoms with E-state index < -0.39 is 0 Å². The summed E-state index contributed by atoms with van der Waals surface area (Å²) in [7, 11) is 0. The van der Waals surface area contributed by atoms with Crippen molar-refractivity contribution in [1.82, 2.24) is 4.98 Å². The maximum atomic E-state index is 12.3. The molecule has 2 heterocycles. The van der Waals surface area contributed by atoms with Gasteiger partial charge < -0.3 is 19.5 Å². The molecule has 1 N–H and O–H groups in total. The maximum Gasteiger partial charge on any atom is 0.262 e. The van der Waals surface area contributed by atoms with Crippen LogP contribution in [0.1, 0.15) is 6.42 Å². The molecule has 0 radical (unpaired) electrons. The molecule has 6 nitrogen and oxygen atoms in total. The zero-order valence-corrected chi connectivity index (χ0v) is 15.2.